The Hall–Kier alpha value is -1.86. The van der Waals surface area contributed by atoms with Gasteiger partial charge < -0.3 is 14.5 Å². The first-order chi connectivity index (χ1) is 11.7. The Morgan fingerprint density at radius 3 is 2.88 bits per heavy atom. The van der Waals surface area contributed by atoms with Gasteiger partial charge in [0.15, 0.2) is 6.26 Å². The highest BCUT2D eigenvalue weighted by atomic mass is 32.1. The Morgan fingerprint density at radius 1 is 1.42 bits per heavy atom. The highest BCUT2D eigenvalue weighted by Crippen LogP contribution is 2.33. The van der Waals surface area contributed by atoms with Gasteiger partial charge in [-0.3, -0.25) is 9.69 Å². The molecule has 7 heteroatoms. The number of aromatic nitrogens is 1. The molecule has 0 saturated carbocycles. The van der Waals surface area contributed by atoms with Crippen LogP contribution in [0.25, 0.3) is 10.8 Å². The number of hydrogen-bond donors (Lipinski definition) is 1. The molecule has 2 atom stereocenters. The number of ether oxygens (including phenoxy) is 1. The zero-order valence-electron chi connectivity index (χ0n) is 13.8. The van der Waals surface area contributed by atoms with Gasteiger partial charge in [0, 0.05) is 12.1 Å². The SMILES string of the molecule is COc1coc(-c2ccc(C(=O)NC3C4CCN(CC4)C3C)s2)n1. The summed E-state index contributed by atoms with van der Waals surface area (Å²) in [6.45, 7) is 4.54. The van der Waals surface area contributed by atoms with Gasteiger partial charge in [0.25, 0.3) is 11.8 Å². The van der Waals surface area contributed by atoms with Crippen molar-refractivity contribution < 1.29 is 13.9 Å². The van der Waals surface area contributed by atoms with Crippen molar-refractivity contribution in [1.29, 1.82) is 0 Å². The molecule has 128 valence electrons. The molecule has 0 radical (unpaired) electrons. The first-order valence-corrected chi connectivity index (χ1v) is 9.12. The predicted molar refractivity (Wildman–Crippen MR) is 91.4 cm³/mol. The van der Waals surface area contributed by atoms with E-state index in [0.29, 0.717) is 28.6 Å². The van der Waals surface area contributed by atoms with Gasteiger partial charge in [-0.1, -0.05) is 0 Å². The van der Waals surface area contributed by atoms with Gasteiger partial charge in [0.05, 0.1) is 16.9 Å². The number of hydrogen-bond acceptors (Lipinski definition) is 6. The lowest BCUT2D eigenvalue weighted by molar-refractivity contribution is 0.0218. The highest BCUT2D eigenvalue weighted by molar-refractivity contribution is 7.17. The van der Waals surface area contributed by atoms with E-state index < -0.39 is 0 Å². The van der Waals surface area contributed by atoms with Crippen LogP contribution in [0.5, 0.6) is 5.88 Å². The monoisotopic (exact) mass is 347 g/mol. The lowest BCUT2D eigenvalue weighted by Crippen LogP contribution is -2.62. The fourth-order valence-corrected chi connectivity index (χ4v) is 4.65. The predicted octanol–water partition coefficient (Wildman–Crippen LogP) is 2.62. The second kappa shape index (κ2) is 6.22. The summed E-state index contributed by atoms with van der Waals surface area (Å²) in [6.07, 6.45) is 3.83. The van der Waals surface area contributed by atoms with E-state index in [0.717, 1.165) is 18.0 Å². The van der Waals surface area contributed by atoms with E-state index in [9.17, 15) is 4.79 Å². The summed E-state index contributed by atoms with van der Waals surface area (Å²) in [4.78, 5) is 20.8. The molecule has 24 heavy (non-hydrogen) atoms. The maximum Gasteiger partial charge on any atom is 0.261 e. The van der Waals surface area contributed by atoms with Crippen LogP contribution in [0, 0.1) is 5.92 Å². The molecule has 5 heterocycles. The van der Waals surface area contributed by atoms with Crippen LogP contribution in [0.2, 0.25) is 0 Å². The van der Waals surface area contributed by atoms with Gasteiger partial charge in [0.1, 0.15) is 0 Å². The number of amides is 1. The van der Waals surface area contributed by atoms with Crippen molar-refractivity contribution in [1.82, 2.24) is 15.2 Å². The Balaban J connectivity index is 1.47. The Kier molecular flexibility index (Phi) is 4.05. The van der Waals surface area contributed by atoms with Crippen molar-refractivity contribution in [2.45, 2.75) is 31.8 Å². The maximum absolute atomic E-state index is 12.6. The summed E-state index contributed by atoms with van der Waals surface area (Å²) in [5.74, 6) is 1.51. The molecule has 1 amide bonds. The quantitative estimate of drug-likeness (QED) is 0.921. The molecule has 0 spiro atoms. The highest BCUT2D eigenvalue weighted by Gasteiger charge is 2.40. The van der Waals surface area contributed by atoms with Crippen LogP contribution >= 0.6 is 11.3 Å². The first kappa shape index (κ1) is 15.7. The van der Waals surface area contributed by atoms with E-state index in [1.54, 1.807) is 7.11 Å². The van der Waals surface area contributed by atoms with Crippen molar-refractivity contribution >= 4 is 17.2 Å². The van der Waals surface area contributed by atoms with Crippen LogP contribution in [0.4, 0.5) is 0 Å². The van der Waals surface area contributed by atoms with Gasteiger partial charge >= 0.3 is 0 Å². The third kappa shape index (κ3) is 2.71. The molecule has 2 bridgehead atoms. The van der Waals surface area contributed by atoms with Gasteiger partial charge in [-0.05, 0) is 50.9 Å². The average molecular weight is 347 g/mol. The van der Waals surface area contributed by atoms with Crippen LogP contribution in [0.15, 0.2) is 22.8 Å². The molecule has 0 aliphatic carbocycles. The van der Waals surface area contributed by atoms with Crippen molar-refractivity contribution in [2.24, 2.45) is 5.92 Å². The van der Waals surface area contributed by atoms with Crippen molar-refractivity contribution in [3.05, 3.63) is 23.3 Å². The molecule has 2 aromatic rings. The summed E-state index contributed by atoms with van der Waals surface area (Å²) < 4.78 is 10.4. The minimum Gasteiger partial charge on any atom is -0.479 e. The van der Waals surface area contributed by atoms with Gasteiger partial charge in [-0.15, -0.1) is 11.3 Å². The summed E-state index contributed by atoms with van der Waals surface area (Å²) in [6, 6.07) is 4.35. The number of methoxy groups -OCH3 is 1. The Bertz CT molecular complexity index is 731. The number of nitrogens with zero attached hydrogens (tertiary/aromatic N) is 2. The fourth-order valence-electron chi connectivity index (χ4n) is 3.81. The van der Waals surface area contributed by atoms with E-state index in [-0.39, 0.29) is 11.9 Å². The van der Waals surface area contributed by atoms with Crippen LogP contribution in [-0.4, -0.2) is 48.1 Å². The number of rotatable bonds is 4. The molecule has 2 unspecified atom stereocenters. The van der Waals surface area contributed by atoms with E-state index in [1.165, 1.54) is 30.4 Å². The summed E-state index contributed by atoms with van der Waals surface area (Å²) in [7, 11) is 1.55. The van der Waals surface area contributed by atoms with Gasteiger partial charge in [-0.25, -0.2) is 0 Å². The number of piperidine rings is 3. The molecule has 3 aliphatic heterocycles. The van der Waals surface area contributed by atoms with E-state index in [2.05, 4.69) is 22.1 Å². The Morgan fingerprint density at radius 2 is 2.21 bits per heavy atom. The smallest absolute Gasteiger partial charge is 0.261 e. The van der Waals surface area contributed by atoms with E-state index in [4.69, 9.17) is 9.15 Å². The molecule has 3 fully saturated rings. The Labute approximate surface area is 144 Å². The molecule has 1 N–H and O–H groups in total. The summed E-state index contributed by atoms with van der Waals surface area (Å²) in [5, 5.41) is 3.25. The fraction of sp³-hybridized carbons (Fsp3) is 0.529. The van der Waals surface area contributed by atoms with Gasteiger partial charge in [-0.2, -0.15) is 4.98 Å². The zero-order valence-corrected chi connectivity index (χ0v) is 14.6. The second-order valence-electron chi connectivity index (χ2n) is 6.47. The molecule has 0 aromatic carbocycles. The largest absolute Gasteiger partial charge is 0.479 e. The molecule has 6 nitrogen and oxygen atoms in total. The molecule has 2 aromatic heterocycles. The first-order valence-electron chi connectivity index (χ1n) is 8.30. The summed E-state index contributed by atoms with van der Waals surface area (Å²) in [5.41, 5.74) is 0. The van der Waals surface area contributed by atoms with Crippen molar-refractivity contribution in [3.63, 3.8) is 0 Å². The maximum atomic E-state index is 12.6. The minimum atomic E-state index is -0.00429. The summed E-state index contributed by atoms with van der Waals surface area (Å²) >= 11 is 1.39. The second-order valence-corrected chi connectivity index (χ2v) is 7.56. The topological polar surface area (TPSA) is 67.6 Å². The van der Waals surface area contributed by atoms with E-state index >= 15 is 0 Å². The van der Waals surface area contributed by atoms with Crippen LogP contribution in [0.3, 0.4) is 0 Å². The number of nitrogens with one attached hydrogen (secondary N) is 1. The number of fused-ring (bicyclic) bond motifs is 3. The standard InChI is InChI=1S/C17H21N3O3S/c1-10-15(11-5-7-20(10)8-6-11)19-16(21)12-3-4-13(24-12)17-18-14(22-2)9-23-17/h3-4,9-11,15H,5-8H2,1-2H3,(H,19,21). The molecule has 5 rings (SSSR count). The number of oxazole rings is 1. The normalized spacial score (nSPS) is 28.8. The molecule has 3 aliphatic rings. The van der Waals surface area contributed by atoms with Crippen LogP contribution in [-0.2, 0) is 0 Å². The lowest BCUT2D eigenvalue weighted by atomic mass is 9.79. The van der Waals surface area contributed by atoms with Crippen LogP contribution in [0.1, 0.15) is 29.4 Å². The number of thiophene rings is 1. The number of carbonyl (C=O) groups is 1. The van der Waals surface area contributed by atoms with Crippen molar-refractivity contribution in [3.8, 4) is 16.6 Å². The average Bonchev–Trinajstić information content (AvgIpc) is 3.27. The minimum absolute atomic E-state index is 0.00429. The third-order valence-corrected chi connectivity index (χ3v) is 6.28. The van der Waals surface area contributed by atoms with E-state index in [1.807, 2.05) is 12.1 Å². The van der Waals surface area contributed by atoms with Crippen molar-refractivity contribution in [2.75, 3.05) is 20.2 Å². The number of carbonyl (C=O) groups excluding carboxylic acids is 1. The zero-order chi connectivity index (χ0) is 16.7. The van der Waals surface area contributed by atoms with Crippen LogP contribution < -0.4 is 10.1 Å². The molecule has 3 saturated heterocycles. The lowest BCUT2D eigenvalue weighted by Gasteiger charge is -2.49. The molecular weight excluding hydrogens is 326 g/mol. The molecular formula is C17H21N3O3S. The third-order valence-electron chi connectivity index (χ3n) is 5.21. The van der Waals surface area contributed by atoms with Gasteiger partial charge in [0.2, 0.25) is 5.89 Å².